The largest absolute Gasteiger partial charge is 0.490 e. The van der Waals surface area contributed by atoms with Crippen LogP contribution in [0, 0.1) is 11.3 Å². The number of aromatic nitrogens is 1. The van der Waals surface area contributed by atoms with E-state index in [2.05, 4.69) is 16.0 Å². The second-order valence-electron chi connectivity index (χ2n) is 7.29. The van der Waals surface area contributed by atoms with Gasteiger partial charge in [-0.05, 0) is 43.9 Å². The van der Waals surface area contributed by atoms with Crippen LogP contribution in [0.15, 0.2) is 36.5 Å². The molecule has 4 rings (SSSR count). The minimum absolute atomic E-state index is 0.0820. The number of amides is 1. The Bertz CT molecular complexity index is 849. The first-order valence-electron chi connectivity index (χ1n) is 9.66. The van der Waals surface area contributed by atoms with Crippen LogP contribution in [-0.4, -0.2) is 59.0 Å². The minimum Gasteiger partial charge on any atom is -0.490 e. The summed E-state index contributed by atoms with van der Waals surface area (Å²) in [6.07, 6.45) is 5.46. The monoisotopic (exact) mass is 364 g/mol. The Kier molecular flexibility index (Phi) is 5.21. The fourth-order valence-corrected chi connectivity index (χ4v) is 4.02. The summed E-state index contributed by atoms with van der Waals surface area (Å²) >= 11 is 0. The van der Waals surface area contributed by atoms with Crippen molar-refractivity contribution in [2.24, 2.45) is 0 Å². The van der Waals surface area contributed by atoms with E-state index < -0.39 is 0 Å². The van der Waals surface area contributed by atoms with Crippen molar-refractivity contribution in [1.82, 2.24) is 14.8 Å². The quantitative estimate of drug-likeness (QED) is 0.834. The predicted octanol–water partition coefficient (Wildman–Crippen LogP) is 2.59. The zero-order valence-corrected chi connectivity index (χ0v) is 15.4. The number of carbonyl (C=O) groups excluding carboxylic acids is 1. The molecule has 1 aromatic heterocycles. The van der Waals surface area contributed by atoms with E-state index in [1.54, 1.807) is 11.1 Å². The number of fused-ring (bicyclic) bond motifs is 1. The Labute approximate surface area is 159 Å². The summed E-state index contributed by atoms with van der Waals surface area (Å²) in [5, 5.41) is 10.2. The van der Waals surface area contributed by atoms with E-state index in [4.69, 9.17) is 10.00 Å². The number of benzene rings is 1. The van der Waals surface area contributed by atoms with Gasteiger partial charge in [0, 0.05) is 31.2 Å². The van der Waals surface area contributed by atoms with Crippen molar-refractivity contribution in [3.8, 4) is 11.8 Å². The highest BCUT2D eigenvalue weighted by Crippen LogP contribution is 2.27. The maximum atomic E-state index is 12.5. The van der Waals surface area contributed by atoms with E-state index >= 15 is 0 Å². The van der Waals surface area contributed by atoms with Gasteiger partial charge in [0.1, 0.15) is 17.9 Å². The number of hydrogen-bond acceptors (Lipinski definition) is 5. The molecule has 0 bridgehead atoms. The van der Waals surface area contributed by atoms with Crippen LogP contribution in [0.2, 0.25) is 0 Å². The number of nitriles is 1. The summed E-state index contributed by atoms with van der Waals surface area (Å²) in [6, 6.07) is 11.9. The first kappa shape index (κ1) is 17.7. The van der Waals surface area contributed by atoms with Crippen LogP contribution in [0.4, 0.5) is 0 Å². The van der Waals surface area contributed by atoms with E-state index in [9.17, 15) is 4.79 Å². The Balaban J connectivity index is 1.31. The summed E-state index contributed by atoms with van der Waals surface area (Å²) in [5.74, 6) is 0.961. The van der Waals surface area contributed by atoms with Crippen LogP contribution in [0.1, 0.15) is 25.7 Å². The zero-order valence-electron chi connectivity index (χ0n) is 15.4. The number of para-hydroxylation sites is 1. The summed E-state index contributed by atoms with van der Waals surface area (Å²) in [6.45, 7) is 2.80. The summed E-state index contributed by atoms with van der Waals surface area (Å²) in [7, 11) is 0. The third kappa shape index (κ3) is 3.88. The second kappa shape index (κ2) is 7.93. The number of carbonyl (C=O) groups is 1. The Morgan fingerprint density at radius 2 is 2.00 bits per heavy atom. The number of nitrogens with zero attached hydrogens (tertiary/aromatic N) is 4. The second-order valence-corrected chi connectivity index (χ2v) is 7.29. The lowest BCUT2D eigenvalue weighted by atomic mass is 10.1. The molecular weight excluding hydrogens is 340 g/mol. The summed E-state index contributed by atoms with van der Waals surface area (Å²) in [4.78, 5) is 20.8. The number of pyridine rings is 1. The van der Waals surface area contributed by atoms with Crippen LogP contribution in [0.25, 0.3) is 10.9 Å². The summed E-state index contributed by atoms with van der Waals surface area (Å²) < 4.78 is 6.25. The number of piperidine rings is 1. The highest BCUT2D eigenvalue weighted by molar-refractivity contribution is 5.84. The molecule has 2 aliphatic rings. The zero-order chi connectivity index (χ0) is 18.6. The molecule has 2 aromatic rings. The van der Waals surface area contributed by atoms with E-state index in [0.29, 0.717) is 13.1 Å². The van der Waals surface area contributed by atoms with Gasteiger partial charge >= 0.3 is 0 Å². The molecule has 3 heterocycles. The number of ether oxygens (including phenoxy) is 1. The Hall–Kier alpha value is -2.65. The Morgan fingerprint density at radius 3 is 2.81 bits per heavy atom. The van der Waals surface area contributed by atoms with Crippen molar-refractivity contribution in [2.45, 2.75) is 37.8 Å². The topological polar surface area (TPSA) is 69.5 Å². The fourth-order valence-electron chi connectivity index (χ4n) is 4.02. The van der Waals surface area contributed by atoms with Gasteiger partial charge in [0.25, 0.3) is 0 Å². The van der Waals surface area contributed by atoms with Crippen molar-refractivity contribution >= 4 is 16.8 Å². The van der Waals surface area contributed by atoms with Gasteiger partial charge in [0.2, 0.25) is 5.91 Å². The molecule has 2 aliphatic heterocycles. The lowest BCUT2D eigenvalue weighted by Gasteiger charge is -2.33. The molecule has 0 radical (unpaired) electrons. The fraction of sp³-hybridized carbons (Fsp3) is 0.476. The SMILES string of the molecule is N#C[C@@H]1CCCN1C(=O)CN1CCC(Oc2ccnc3ccccc23)CC1. The van der Waals surface area contributed by atoms with Gasteiger partial charge in [-0.2, -0.15) is 5.26 Å². The normalized spacial score (nSPS) is 21.3. The van der Waals surface area contributed by atoms with Gasteiger partial charge in [-0.1, -0.05) is 12.1 Å². The van der Waals surface area contributed by atoms with Gasteiger partial charge in [-0.3, -0.25) is 14.7 Å². The number of likely N-dealkylation sites (tertiary alicyclic amines) is 2. The molecule has 1 atom stereocenters. The molecule has 0 N–H and O–H groups in total. The summed E-state index contributed by atoms with van der Waals surface area (Å²) in [5.41, 5.74) is 0.940. The van der Waals surface area contributed by atoms with Gasteiger partial charge in [-0.25, -0.2) is 0 Å². The van der Waals surface area contributed by atoms with E-state index in [0.717, 1.165) is 55.4 Å². The maximum Gasteiger partial charge on any atom is 0.237 e. The number of rotatable bonds is 4. The molecule has 0 spiro atoms. The Morgan fingerprint density at radius 1 is 1.19 bits per heavy atom. The molecule has 1 aromatic carbocycles. The van der Waals surface area contributed by atoms with Crippen molar-refractivity contribution in [3.63, 3.8) is 0 Å². The molecule has 2 saturated heterocycles. The van der Waals surface area contributed by atoms with Crippen LogP contribution in [0.5, 0.6) is 5.75 Å². The van der Waals surface area contributed by atoms with Gasteiger partial charge in [-0.15, -0.1) is 0 Å². The molecular formula is C21H24N4O2. The van der Waals surface area contributed by atoms with Crippen molar-refractivity contribution in [2.75, 3.05) is 26.2 Å². The van der Waals surface area contributed by atoms with Crippen molar-refractivity contribution in [3.05, 3.63) is 36.5 Å². The van der Waals surface area contributed by atoms with Crippen LogP contribution < -0.4 is 4.74 Å². The van der Waals surface area contributed by atoms with E-state index in [1.807, 2.05) is 30.3 Å². The maximum absolute atomic E-state index is 12.5. The lowest BCUT2D eigenvalue weighted by Crippen LogP contribution is -2.46. The highest BCUT2D eigenvalue weighted by Gasteiger charge is 2.30. The molecule has 27 heavy (non-hydrogen) atoms. The van der Waals surface area contributed by atoms with E-state index in [-0.39, 0.29) is 18.1 Å². The average molecular weight is 364 g/mol. The molecule has 0 saturated carbocycles. The molecule has 140 valence electrons. The molecule has 1 amide bonds. The number of hydrogen-bond donors (Lipinski definition) is 0. The van der Waals surface area contributed by atoms with E-state index in [1.165, 1.54) is 0 Å². The van der Waals surface area contributed by atoms with Gasteiger partial charge in [0.15, 0.2) is 0 Å². The highest BCUT2D eigenvalue weighted by atomic mass is 16.5. The van der Waals surface area contributed by atoms with Gasteiger partial charge in [0.05, 0.1) is 18.1 Å². The first-order valence-corrected chi connectivity index (χ1v) is 9.66. The lowest BCUT2D eigenvalue weighted by molar-refractivity contribution is -0.132. The molecule has 0 aliphatic carbocycles. The standard InChI is InChI=1S/C21H24N4O2/c22-14-16-4-3-11-25(16)21(26)15-24-12-8-17(9-13-24)27-20-7-10-23-19-6-2-1-5-18(19)20/h1-2,5-7,10,16-17H,3-4,8-9,11-13,15H2/t16-/m0/s1. The van der Waals surface area contributed by atoms with Crippen LogP contribution in [0.3, 0.4) is 0 Å². The molecule has 2 fully saturated rings. The van der Waals surface area contributed by atoms with Crippen molar-refractivity contribution in [1.29, 1.82) is 5.26 Å². The van der Waals surface area contributed by atoms with Crippen LogP contribution in [-0.2, 0) is 4.79 Å². The predicted molar refractivity (Wildman–Crippen MR) is 102 cm³/mol. The molecule has 6 nitrogen and oxygen atoms in total. The smallest absolute Gasteiger partial charge is 0.237 e. The minimum atomic E-state index is -0.238. The van der Waals surface area contributed by atoms with Gasteiger partial charge < -0.3 is 9.64 Å². The third-order valence-electron chi connectivity index (χ3n) is 5.52. The molecule has 6 heteroatoms. The third-order valence-corrected chi connectivity index (χ3v) is 5.52. The van der Waals surface area contributed by atoms with Crippen molar-refractivity contribution < 1.29 is 9.53 Å². The average Bonchev–Trinajstić information content (AvgIpc) is 3.19. The van der Waals surface area contributed by atoms with Crippen LogP contribution >= 0.6 is 0 Å². The first-order chi connectivity index (χ1) is 13.2. The molecule has 0 unspecified atom stereocenters.